The minimum atomic E-state index is 0.852. The second-order valence-electron chi connectivity index (χ2n) is 7.91. The number of aryl methyl sites for hydroxylation is 1. The molecule has 1 aliphatic heterocycles. The molecule has 0 saturated heterocycles. The summed E-state index contributed by atoms with van der Waals surface area (Å²) in [4.78, 5) is 4.74. The fourth-order valence-corrected chi connectivity index (χ4v) is 3.73. The van der Waals surface area contributed by atoms with Crippen molar-refractivity contribution in [3.05, 3.63) is 29.3 Å². The van der Waals surface area contributed by atoms with Gasteiger partial charge < -0.3 is 5.32 Å². The lowest BCUT2D eigenvalue weighted by atomic mass is 10.0. The number of anilines is 1. The van der Waals surface area contributed by atoms with Crippen molar-refractivity contribution in [2.24, 2.45) is 4.99 Å². The Hall–Kier alpha value is -1.31. The molecule has 0 atom stereocenters. The third kappa shape index (κ3) is 7.93. The van der Waals surface area contributed by atoms with E-state index in [2.05, 4.69) is 37.4 Å². The molecular formula is C24H40N2. The Morgan fingerprint density at radius 3 is 2.08 bits per heavy atom. The number of unbranched alkanes of at least 4 members (excludes halogenated alkanes) is 10. The molecule has 0 unspecified atom stereocenters. The summed E-state index contributed by atoms with van der Waals surface area (Å²) in [5.74, 6) is 1.20. The van der Waals surface area contributed by atoms with Crippen LogP contribution >= 0.6 is 0 Å². The topological polar surface area (TPSA) is 24.4 Å². The number of fused-ring (bicyclic) bond motifs is 1. The van der Waals surface area contributed by atoms with Crippen molar-refractivity contribution in [2.75, 3.05) is 5.32 Å². The minimum Gasteiger partial charge on any atom is -0.344 e. The average Bonchev–Trinajstić information content (AvgIpc) is 2.67. The van der Waals surface area contributed by atoms with Gasteiger partial charge in [-0.3, -0.25) is 4.99 Å². The van der Waals surface area contributed by atoms with Crippen molar-refractivity contribution in [1.29, 1.82) is 0 Å². The van der Waals surface area contributed by atoms with Crippen molar-refractivity contribution in [3.63, 3.8) is 0 Å². The van der Waals surface area contributed by atoms with Gasteiger partial charge in [-0.1, -0.05) is 90.2 Å². The predicted molar refractivity (Wildman–Crippen MR) is 116 cm³/mol. The maximum atomic E-state index is 4.74. The Bertz CT molecular complexity index is 533. The van der Waals surface area contributed by atoms with E-state index in [1.807, 2.05) is 0 Å². The first-order chi connectivity index (χ1) is 12.8. The van der Waals surface area contributed by atoms with Crippen LogP contribution in [0.5, 0.6) is 0 Å². The smallest absolute Gasteiger partial charge is 0.101 e. The highest BCUT2D eigenvalue weighted by Crippen LogP contribution is 2.24. The van der Waals surface area contributed by atoms with E-state index in [0.29, 0.717) is 0 Å². The van der Waals surface area contributed by atoms with Gasteiger partial charge in [0.25, 0.3) is 0 Å². The van der Waals surface area contributed by atoms with Crippen LogP contribution in [0, 0.1) is 0 Å². The molecule has 0 saturated carbocycles. The fraction of sp³-hybridized carbons (Fsp3) is 0.708. The molecule has 0 spiro atoms. The minimum absolute atomic E-state index is 0.852. The third-order valence-electron chi connectivity index (χ3n) is 5.48. The van der Waals surface area contributed by atoms with Crippen LogP contribution < -0.4 is 5.32 Å². The van der Waals surface area contributed by atoms with Crippen LogP contribution in [-0.2, 0) is 13.0 Å². The van der Waals surface area contributed by atoms with E-state index >= 15 is 0 Å². The highest BCUT2D eigenvalue weighted by molar-refractivity contribution is 5.97. The summed E-state index contributed by atoms with van der Waals surface area (Å²) >= 11 is 0. The number of hydrogen-bond acceptors (Lipinski definition) is 2. The molecule has 26 heavy (non-hydrogen) atoms. The van der Waals surface area contributed by atoms with E-state index < -0.39 is 0 Å². The highest BCUT2D eigenvalue weighted by Gasteiger charge is 2.11. The fourth-order valence-electron chi connectivity index (χ4n) is 3.73. The number of rotatable bonds is 14. The Balaban J connectivity index is 1.69. The average molecular weight is 357 g/mol. The molecule has 1 heterocycles. The second-order valence-corrected chi connectivity index (χ2v) is 7.91. The number of aliphatic imine (C=N–C) groups is 1. The van der Waals surface area contributed by atoms with Crippen molar-refractivity contribution in [3.8, 4) is 0 Å². The molecule has 0 fully saturated rings. The SMILES string of the molecule is CCCCCCCCC1=NCc2ccc(CCCCCCCC)cc2N1. The maximum absolute atomic E-state index is 4.74. The molecule has 0 aliphatic carbocycles. The summed E-state index contributed by atoms with van der Waals surface area (Å²) in [6.45, 7) is 5.41. The lowest BCUT2D eigenvalue weighted by Gasteiger charge is -2.19. The zero-order valence-electron chi connectivity index (χ0n) is 17.3. The normalized spacial score (nSPS) is 13.2. The first-order valence-corrected chi connectivity index (χ1v) is 11.3. The van der Waals surface area contributed by atoms with Crippen molar-refractivity contribution < 1.29 is 0 Å². The molecule has 0 aromatic heterocycles. The van der Waals surface area contributed by atoms with Gasteiger partial charge in [-0.15, -0.1) is 0 Å². The summed E-state index contributed by atoms with van der Waals surface area (Å²) in [6.07, 6.45) is 18.6. The molecule has 1 aliphatic rings. The van der Waals surface area contributed by atoms with Crippen molar-refractivity contribution >= 4 is 11.5 Å². The van der Waals surface area contributed by atoms with Gasteiger partial charge in [0, 0.05) is 12.1 Å². The summed E-state index contributed by atoms with van der Waals surface area (Å²) in [5.41, 5.74) is 4.14. The van der Waals surface area contributed by atoms with Gasteiger partial charge in [0.05, 0.1) is 6.54 Å². The van der Waals surface area contributed by atoms with Crippen molar-refractivity contribution in [2.45, 2.75) is 110 Å². The zero-order chi connectivity index (χ0) is 18.5. The molecule has 0 amide bonds. The number of benzene rings is 1. The van der Waals surface area contributed by atoms with E-state index in [-0.39, 0.29) is 0 Å². The van der Waals surface area contributed by atoms with E-state index in [1.54, 1.807) is 0 Å². The molecule has 2 heteroatoms. The van der Waals surface area contributed by atoms with Gasteiger partial charge in [0.2, 0.25) is 0 Å². The summed E-state index contributed by atoms with van der Waals surface area (Å²) in [5, 5.41) is 3.61. The molecule has 0 bridgehead atoms. The lowest BCUT2D eigenvalue weighted by molar-refractivity contribution is 0.607. The van der Waals surface area contributed by atoms with Gasteiger partial charge in [-0.25, -0.2) is 0 Å². The Labute approximate surface area is 161 Å². The van der Waals surface area contributed by atoms with Crippen LogP contribution in [0.2, 0.25) is 0 Å². The van der Waals surface area contributed by atoms with Gasteiger partial charge >= 0.3 is 0 Å². The number of amidine groups is 1. The van der Waals surface area contributed by atoms with Gasteiger partial charge in [-0.05, 0) is 36.5 Å². The molecule has 2 nitrogen and oxygen atoms in total. The monoisotopic (exact) mass is 356 g/mol. The van der Waals surface area contributed by atoms with Gasteiger partial charge in [0.1, 0.15) is 5.84 Å². The molecule has 146 valence electrons. The van der Waals surface area contributed by atoms with Crippen molar-refractivity contribution in [1.82, 2.24) is 0 Å². The van der Waals surface area contributed by atoms with Crippen LogP contribution in [0.1, 0.15) is 108 Å². The molecule has 2 rings (SSSR count). The number of hydrogen-bond donors (Lipinski definition) is 1. The molecule has 1 aromatic carbocycles. The molecular weight excluding hydrogens is 316 g/mol. The Morgan fingerprint density at radius 1 is 0.769 bits per heavy atom. The lowest BCUT2D eigenvalue weighted by Crippen LogP contribution is -2.18. The molecule has 0 radical (unpaired) electrons. The number of nitrogens with zero attached hydrogens (tertiary/aromatic N) is 1. The summed E-state index contributed by atoms with van der Waals surface area (Å²) in [6, 6.07) is 6.96. The third-order valence-corrected chi connectivity index (χ3v) is 5.48. The second kappa shape index (κ2) is 12.9. The zero-order valence-corrected chi connectivity index (χ0v) is 17.3. The Morgan fingerprint density at radius 2 is 1.38 bits per heavy atom. The van der Waals surface area contributed by atoms with Crippen LogP contribution in [0.25, 0.3) is 0 Å². The molecule has 1 N–H and O–H groups in total. The van der Waals surface area contributed by atoms with Gasteiger partial charge in [-0.2, -0.15) is 0 Å². The maximum Gasteiger partial charge on any atom is 0.101 e. The first-order valence-electron chi connectivity index (χ1n) is 11.3. The standard InChI is InChI=1S/C24H40N2/c1-3-5-7-9-11-13-15-21-17-18-22-20-25-24(26-23(22)19-21)16-14-12-10-8-6-4-2/h17-19H,3-16,20H2,1-2H3,(H,25,26). The largest absolute Gasteiger partial charge is 0.344 e. The van der Waals surface area contributed by atoms with E-state index in [4.69, 9.17) is 4.99 Å². The van der Waals surface area contributed by atoms with Crippen LogP contribution in [0.4, 0.5) is 5.69 Å². The summed E-state index contributed by atoms with van der Waals surface area (Å²) < 4.78 is 0. The first kappa shape index (κ1) is 21.0. The number of nitrogens with one attached hydrogen (secondary N) is 1. The van der Waals surface area contributed by atoms with E-state index in [0.717, 1.165) is 13.0 Å². The predicted octanol–water partition coefficient (Wildman–Crippen LogP) is 7.66. The van der Waals surface area contributed by atoms with Crippen LogP contribution in [0.3, 0.4) is 0 Å². The quantitative estimate of drug-likeness (QED) is 0.340. The van der Waals surface area contributed by atoms with Crippen LogP contribution in [-0.4, -0.2) is 5.84 Å². The van der Waals surface area contributed by atoms with Gasteiger partial charge in [0.15, 0.2) is 0 Å². The summed E-state index contributed by atoms with van der Waals surface area (Å²) in [7, 11) is 0. The Kier molecular flexibility index (Phi) is 10.5. The van der Waals surface area contributed by atoms with E-state index in [1.165, 1.54) is 106 Å². The van der Waals surface area contributed by atoms with Crippen LogP contribution in [0.15, 0.2) is 23.2 Å². The highest BCUT2D eigenvalue weighted by atomic mass is 15.0. The molecule has 1 aromatic rings. The van der Waals surface area contributed by atoms with E-state index in [9.17, 15) is 0 Å².